The summed E-state index contributed by atoms with van der Waals surface area (Å²) < 4.78 is 32.5. The second kappa shape index (κ2) is 11.5. The average Bonchev–Trinajstić information content (AvgIpc) is 3.46. The molecule has 1 aliphatic heterocycles. The number of ether oxygens (including phenoxy) is 3. The molecule has 41 heavy (non-hydrogen) atoms. The summed E-state index contributed by atoms with van der Waals surface area (Å²) in [6.07, 6.45) is 3.46. The Kier molecular flexibility index (Phi) is 7.32. The van der Waals surface area contributed by atoms with Gasteiger partial charge in [0.05, 0.1) is 17.8 Å². The maximum Gasteiger partial charge on any atom is 0.274 e. The highest BCUT2D eigenvalue weighted by Crippen LogP contribution is 2.35. The maximum absolute atomic E-state index is 14.0. The molecular formula is C34H27FN2O4. The van der Waals surface area contributed by atoms with Crippen molar-refractivity contribution in [3.8, 4) is 28.4 Å². The molecular weight excluding hydrogens is 519 g/mol. The molecule has 1 aliphatic rings. The zero-order chi connectivity index (χ0) is 28.2. The van der Waals surface area contributed by atoms with Crippen LogP contribution in [0, 0.1) is 12.7 Å². The molecule has 7 heteroatoms. The van der Waals surface area contributed by atoms with Crippen LogP contribution < -0.4 is 19.8 Å². The summed E-state index contributed by atoms with van der Waals surface area (Å²) in [4.78, 5) is 14.0. The molecule has 0 aliphatic carbocycles. The second-order valence-electron chi connectivity index (χ2n) is 9.68. The van der Waals surface area contributed by atoms with Crippen LogP contribution in [0.25, 0.3) is 23.3 Å². The summed E-state index contributed by atoms with van der Waals surface area (Å²) in [5.74, 6) is 1.60. The molecule has 0 unspecified atom stereocenters. The van der Waals surface area contributed by atoms with E-state index in [9.17, 15) is 9.18 Å². The zero-order valence-electron chi connectivity index (χ0n) is 22.4. The number of halogens is 1. The predicted molar refractivity (Wildman–Crippen MR) is 156 cm³/mol. The third kappa shape index (κ3) is 5.75. The lowest BCUT2D eigenvalue weighted by molar-refractivity contribution is 0.174. The number of fused-ring (bicyclic) bond motifs is 1. The van der Waals surface area contributed by atoms with Crippen LogP contribution in [-0.2, 0) is 13.2 Å². The molecule has 0 saturated heterocycles. The minimum Gasteiger partial charge on any atom is -0.488 e. The Morgan fingerprint density at radius 1 is 0.878 bits per heavy atom. The van der Waals surface area contributed by atoms with Crippen molar-refractivity contribution < 1.29 is 18.6 Å². The van der Waals surface area contributed by atoms with Gasteiger partial charge in [-0.15, -0.1) is 0 Å². The van der Waals surface area contributed by atoms with Crippen LogP contribution in [0.3, 0.4) is 0 Å². The summed E-state index contributed by atoms with van der Waals surface area (Å²) in [7, 11) is 0. The summed E-state index contributed by atoms with van der Waals surface area (Å²) in [6.45, 7) is 2.66. The van der Waals surface area contributed by atoms with Crippen molar-refractivity contribution in [2.45, 2.75) is 20.1 Å². The van der Waals surface area contributed by atoms with Gasteiger partial charge in [0.15, 0.2) is 11.5 Å². The SMILES string of the molecule is Cc1nn(Cc2ccc3c(c2)OCO3)c(=O)c(C=Cc2cccc(F)c2)c1-c1ccccc1OCc1ccccc1. The highest BCUT2D eigenvalue weighted by Gasteiger charge is 2.20. The Hall–Kier alpha value is -5.17. The zero-order valence-corrected chi connectivity index (χ0v) is 22.4. The molecule has 6 nitrogen and oxygen atoms in total. The van der Waals surface area contributed by atoms with Gasteiger partial charge >= 0.3 is 0 Å². The highest BCUT2D eigenvalue weighted by molar-refractivity contribution is 5.84. The third-order valence-corrected chi connectivity index (χ3v) is 6.82. The third-order valence-electron chi connectivity index (χ3n) is 6.82. The van der Waals surface area contributed by atoms with Crippen molar-refractivity contribution in [2.24, 2.45) is 0 Å². The smallest absolute Gasteiger partial charge is 0.274 e. The van der Waals surface area contributed by atoms with E-state index < -0.39 is 0 Å². The van der Waals surface area contributed by atoms with Gasteiger partial charge in [0, 0.05) is 11.1 Å². The van der Waals surface area contributed by atoms with Gasteiger partial charge in [-0.05, 0) is 60.0 Å². The molecule has 0 radical (unpaired) electrons. The molecule has 1 aromatic heterocycles. The van der Waals surface area contributed by atoms with Gasteiger partial charge < -0.3 is 14.2 Å². The van der Waals surface area contributed by atoms with Crippen molar-refractivity contribution in [1.29, 1.82) is 0 Å². The van der Waals surface area contributed by atoms with Crippen LogP contribution >= 0.6 is 0 Å². The van der Waals surface area contributed by atoms with Crippen molar-refractivity contribution in [3.63, 3.8) is 0 Å². The van der Waals surface area contributed by atoms with Crippen LogP contribution in [0.2, 0.25) is 0 Å². The average molecular weight is 547 g/mol. The minimum atomic E-state index is -0.349. The van der Waals surface area contributed by atoms with Gasteiger partial charge in [-0.1, -0.05) is 72.8 Å². The Morgan fingerprint density at radius 3 is 2.54 bits per heavy atom. The molecule has 0 N–H and O–H groups in total. The van der Waals surface area contributed by atoms with Crippen LogP contribution in [0.15, 0.2) is 102 Å². The molecule has 204 valence electrons. The summed E-state index contributed by atoms with van der Waals surface area (Å²) >= 11 is 0. The lowest BCUT2D eigenvalue weighted by Crippen LogP contribution is -2.27. The van der Waals surface area contributed by atoms with Crippen molar-refractivity contribution in [2.75, 3.05) is 6.79 Å². The van der Waals surface area contributed by atoms with E-state index in [0.29, 0.717) is 46.2 Å². The van der Waals surface area contributed by atoms with Gasteiger partial charge in [-0.3, -0.25) is 4.79 Å². The van der Waals surface area contributed by atoms with Gasteiger partial charge in [-0.25, -0.2) is 9.07 Å². The standard InChI is InChI=1S/C34H27FN2O4/c1-23-33(28-12-5-6-13-30(28)39-21-25-8-3-2-4-9-25)29(16-14-24-10-7-11-27(35)18-24)34(38)37(36-23)20-26-15-17-31-32(19-26)41-22-40-31/h2-19H,20-22H2,1H3. The van der Waals surface area contributed by atoms with E-state index in [2.05, 4.69) is 0 Å². The number of aromatic nitrogens is 2. The van der Waals surface area contributed by atoms with Crippen LogP contribution in [0.1, 0.15) is 27.9 Å². The molecule has 5 aromatic rings. The number of nitrogens with zero attached hydrogens (tertiary/aromatic N) is 2. The summed E-state index contributed by atoms with van der Waals surface area (Å²) in [5.41, 5.74) is 4.73. The molecule has 0 spiro atoms. The Labute approximate surface area is 236 Å². The Balaban J connectivity index is 1.44. The van der Waals surface area contributed by atoms with Crippen LogP contribution in [0.5, 0.6) is 17.2 Å². The highest BCUT2D eigenvalue weighted by atomic mass is 19.1. The first-order valence-electron chi connectivity index (χ1n) is 13.3. The fourth-order valence-electron chi connectivity index (χ4n) is 4.86. The fourth-order valence-corrected chi connectivity index (χ4v) is 4.86. The molecule has 0 saturated carbocycles. The van der Waals surface area contributed by atoms with E-state index in [-0.39, 0.29) is 24.7 Å². The van der Waals surface area contributed by atoms with E-state index in [1.54, 1.807) is 24.3 Å². The van der Waals surface area contributed by atoms with Gasteiger partial charge in [0.2, 0.25) is 6.79 Å². The van der Waals surface area contributed by atoms with Crippen LogP contribution in [0.4, 0.5) is 4.39 Å². The second-order valence-corrected chi connectivity index (χ2v) is 9.68. The molecule has 0 bridgehead atoms. The molecule has 4 aromatic carbocycles. The maximum atomic E-state index is 14.0. The minimum absolute atomic E-state index is 0.172. The lowest BCUT2D eigenvalue weighted by atomic mass is 9.97. The van der Waals surface area contributed by atoms with E-state index in [4.69, 9.17) is 19.3 Å². The van der Waals surface area contributed by atoms with Crippen molar-refractivity contribution in [3.05, 3.63) is 141 Å². The Morgan fingerprint density at radius 2 is 1.68 bits per heavy atom. The van der Waals surface area contributed by atoms with E-state index in [0.717, 1.165) is 16.7 Å². The van der Waals surface area contributed by atoms with E-state index >= 15 is 0 Å². The summed E-state index contributed by atoms with van der Waals surface area (Å²) in [5, 5.41) is 4.71. The molecule has 6 rings (SSSR count). The first-order chi connectivity index (χ1) is 20.0. The number of hydrogen-bond acceptors (Lipinski definition) is 5. The van der Waals surface area contributed by atoms with E-state index in [1.807, 2.05) is 79.7 Å². The topological polar surface area (TPSA) is 62.6 Å². The van der Waals surface area contributed by atoms with Crippen molar-refractivity contribution in [1.82, 2.24) is 9.78 Å². The number of hydrogen-bond donors (Lipinski definition) is 0. The van der Waals surface area contributed by atoms with Crippen LogP contribution in [-0.4, -0.2) is 16.6 Å². The van der Waals surface area contributed by atoms with Crippen molar-refractivity contribution >= 4 is 12.2 Å². The number of aryl methyl sites for hydroxylation is 1. The monoisotopic (exact) mass is 546 g/mol. The molecule has 0 amide bonds. The molecule has 2 heterocycles. The fraction of sp³-hybridized carbons (Fsp3) is 0.118. The first-order valence-corrected chi connectivity index (χ1v) is 13.3. The quantitative estimate of drug-likeness (QED) is 0.212. The molecule has 0 fully saturated rings. The number of benzene rings is 4. The van der Waals surface area contributed by atoms with Gasteiger partial charge in [0.25, 0.3) is 5.56 Å². The predicted octanol–water partition coefficient (Wildman–Crippen LogP) is 6.88. The van der Waals surface area contributed by atoms with Gasteiger partial charge in [0.1, 0.15) is 18.2 Å². The number of rotatable bonds is 8. The largest absolute Gasteiger partial charge is 0.488 e. The van der Waals surface area contributed by atoms with Gasteiger partial charge in [-0.2, -0.15) is 5.10 Å². The normalized spacial score (nSPS) is 12.1. The summed E-state index contributed by atoms with van der Waals surface area (Å²) in [6, 6.07) is 29.3. The molecule has 0 atom stereocenters. The lowest BCUT2D eigenvalue weighted by Gasteiger charge is -2.17. The van der Waals surface area contributed by atoms with E-state index in [1.165, 1.54) is 16.8 Å². The first kappa shape index (κ1) is 26.1. The number of para-hydroxylation sites is 1. The Bertz CT molecular complexity index is 1800.